The number of likely N-dealkylation sites (tertiary alicyclic amines) is 1. The smallest absolute Gasteiger partial charge is 0.410 e. The Kier molecular flexibility index (Phi) is 5.00. The number of hydrazine groups is 1. The molecule has 1 saturated carbocycles. The van der Waals surface area contributed by atoms with E-state index in [9.17, 15) is 9.59 Å². The number of ether oxygens (including phenoxy) is 1. The largest absolute Gasteiger partial charge is 0.446 e. The third-order valence-corrected chi connectivity index (χ3v) is 6.00. The first-order valence-electron chi connectivity index (χ1n) is 9.65. The summed E-state index contributed by atoms with van der Waals surface area (Å²) < 4.78 is 7.13. The van der Waals surface area contributed by atoms with E-state index in [0.717, 1.165) is 38.6 Å². The van der Waals surface area contributed by atoms with Crippen LogP contribution in [0.3, 0.4) is 0 Å². The second kappa shape index (κ2) is 7.43. The first-order chi connectivity index (χ1) is 13.0. The molecule has 3 N–H and O–H groups in total. The van der Waals surface area contributed by atoms with Gasteiger partial charge in [0.15, 0.2) is 0 Å². The van der Waals surface area contributed by atoms with E-state index in [1.54, 1.807) is 11.9 Å². The van der Waals surface area contributed by atoms with E-state index in [1.165, 1.54) is 10.9 Å². The average molecular weight is 377 g/mol. The van der Waals surface area contributed by atoms with Crippen molar-refractivity contribution in [2.75, 3.05) is 6.54 Å². The molecule has 5 atom stereocenters. The number of aromatic nitrogens is 3. The minimum absolute atomic E-state index is 0.00809. The van der Waals surface area contributed by atoms with Crippen LogP contribution in [0.2, 0.25) is 0 Å². The maximum atomic E-state index is 12.3. The van der Waals surface area contributed by atoms with E-state index in [1.807, 2.05) is 6.92 Å². The molecular weight excluding hydrogens is 350 g/mol. The molecule has 3 fully saturated rings. The van der Waals surface area contributed by atoms with Crippen molar-refractivity contribution >= 4 is 12.0 Å². The minimum atomic E-state index is -0.204. The van der Waals surface area contributed by atoms with Crippen LogP contribution in [0.1, 0.15) is 49.5 Å². The minimum Gasteiger partial charge on any atom is -0.446 e. The predicted octanol–water partition coefficient (Wildman–Crippen LogP) is 0.137. The molecule has 27 heavy (non-hydrogen) atoms. The first kappa shape index (κ1) is 18.2. The van der Waals surface area contributed by atoms with E-state index in [-0.39, 0.29) is 30.3 Å². The molecule has 4 rings (SSSR count). The van der Waals surface area contributed by atoms with Crippen molar-refractivity contribution in [1.29, 1.82) is 0 Å². The molecule has 2 aliphatic heterocycles. The van der Waals surface area contributed by atoms with Crippen LogP contribution < -0.4 is 16.2 Å². The molecule has 0 aromatic carbocycles. The molecule has 10 heteroatoms. The van der Waals surface area contributed by atoms with Gasteiger partial charge in [0.1, 0.15) is 11.8 Å². The van der Waals surface area contributed by atoms with Gasteiger partial charge in [-0.15, -0.1) is 5.10 Å². The van der Waals surface area contributed by atoms with Crippen LogP contribution in [0.4, 0.5) is 4.79 Å². The molecule has 1 aromatic heterocycles. The lowest BCUT2D eigenvalue weighted by Crippen LogP contribution is -2.50. The van der Waals surface area contributed by atoms with Crippen LogP contribution in [-0.4, -0.2) is 62.8 Å². The third kappa shape index (κ3) is 3.77. The quantitative estimate of drug-likeness (QED) is 0.684. The van der Waals surface area contributed by atoms with Gasteiger partial charge in [0.05, 0.1) is 12.4 Å². The standard InChI is InChI=1S/C17H27N7O3/c1-10-5-6-24(10)17(26)27-12-4-3-11(7-12)13-8-15(21-20-13)19-16(25)14-9-18-22-23(14)2/h9-13,15,20-21H,3-8H2,1-2H3,(H,19,25)/t10-,11-,12+,13?,15?/m0/s1. The molecule has 2 amide bonds. The number of rotatable bonds is 4. The fraction of sp³-hybridized carbons (Fsp3) is 0.765. The van der Waals surface area contributed by atoms with Crippen molar-refractivity contribution in [2.24, 2.45) is 13.0 Å². The summed E-state index contributed by atoms with van der Waals surface area (Å²) in [5, 5.41) is 10.4. The summed E-state index contributed by atoms with van der Waals surface area (Å²) >= 11 is 0. The Labute approximate surface area is 157 Å². The summed E-state index contributed by atoms with van der Waals surface area (Å²) in [6, 6.07) is 0.543. The van der Waals surface area contributed by atoms with Crippen LogP contribution in [-0.2, 0) is 11.8 Å². The number of nitrogens with zero attached hydrogens (tertiary/aromatic N) is 4. The van der Waals surface area contributed by atoms with Gasteiger partial charge in [-0.25, -0.2) is 14.9 Å². The van der Waals surface area contributed by atoms with Crippen molar-refractivity contribution in [2.45, 2.75) is 63.4 Å². The zero-order valence-corrected chi connectivity index (χ0v) is 15.7. The van der Waals surface area contributed by atoms with Gasteiger partial charge in [-0.1, -0.05) is 5.21 Å². The highest BCUT2D eigenvalue weighted by atomic mass is 16.6. The normalized spacial score (nSPS) is 33.0. The molecule has 1 aliphatic carbocycles. The summed E-state index contributed by atoms with van der Waals surface area (Å²) in [7, 11) is 1.69. The van der Waals surface area contributed by atoms with Crippen LogP contribution in [0.5, 0.6) is 0 Å². The zero-order chi connectivity index (χ0) is 19.0. The summed E-state index contributed by atoms with van der Waals surface area (Å²) in [5.74, 6) is 0.216. The van der Waals surface area contributed by atoms with Gasteiger partial charge >= 0.3 is 6.09 Å². The number of aryl methyl sites for hydroxylation is 1. The van der Waals surface area contributed by atoms with Crippen molar-refractivity contribution in [3.05, 3.63) is 11.9 Å². The lowest BCUT2D eigenvalue weighted by molar-refractivity contribution is 0.0270. The number of hydrogen-bond donors (Lipinski definition) is 3. The molecule has 10 nitrogen and oxygen atoms in total. The Morgan fingerprint density at radius 3 is 2.78 bits per heavy atom. The van der Waals surface area contributed by atoms with Crippen LogP contribution in [0, 0.1) is 5.92 Å². The van der Waals surface area contributed by atoms with Gasteiger partial charge in [-0.2, -0.15) is 0 Å². The fourth-order valence-corrected chi connectivity index (χ4v) is 4.16. The SMILES string of the molecule is C[C@H]1CCN1C(=O)O[C@@H]1CC[C@H](C2CC(NC(=O)c3cnnn3C)NN2)C1. The van der Waals surface area contributed by atoms with Gasteiger partial charge in [0.25, 0.3) is 5.91 Å². The Balaban J connectivity index is 1.23. The molecule has 1 aromatic rings. The molecule has 3 aliphatic rings. The van der Waals surface area contributed by atoms with Gasteiger partial charge in [0.2, 0.25) is 0 Å². The number of carbonyl (C=O) groups excluding carboxylic acids is 2. The Morgan fingerprint density at radius 2 is 2.11 bits per heavy atom. The molecule has 3 heterocycles. The summed E-state index contributed by atoms with van der Waals surface area (Å²) in [6.07, 6.45) is 5.73. The first-order valence-corrected chi connectivity index (χ1v) is 9.65. The van der Waals surface area contributed by atoms with Crippen LogP contribution in [0.15, 0.2) is 6.20 Å². The highest BCUT2D eigenvalue weighted by Gasteiger charge is 2.39. The van der Waals surface area contributed by atoms with E-state index < -0.39 is 0 Å². The highest BCUT2D eigenvalue weighted by Crippen LogP contribution is 2.33. The monoisotopic (exact) mass is 377 g/mol. The van der Waals surface area contributed by atoms with Gasteiger partial charge in [-0.05, 0) is 44.9 Å². The molecular formula is C17H27N7O3. The Bertz CT molecular complexity index is 708. The predicted molar refractivity (Wildman–Crippen MR) is 95.3 cm³/mol. The average Bonchev–Trinajstić information content (AvgIpc) is 3.34. The van der Waals surface area contributed by atoms with Crippen LogP contribution >= 0.6 is 0 Å². The second-order valence-electron chi connectivity index (χ2n) is 7.81. The molecule has 2 saturated heterocycles. The van der Waals surface area contributed by atoms with Gasteiger partial charge < -0.3 is 15.0 Å². The maximum absolute atomic E-state index is 12.3. The highest BCUT2D eigenvalue weighted by molar-refractivity contribution is 5.92. The summed E-state index contributed by atoms with van der Waals surface area (Å²) in [5.41, 5.74) is 6.86. The van der Waals surface area contributed by atoms with E-state index >= 15 is 0 Å². The van der Waals surface area contributed by atoms with E-state index in [2.05, 4.69) is 26.5 Å². The molecule has 0 spiro atoms. The molecule has 148 valence electrons. The summed E-state index contributed by atoms with van der Waals surface area (Å²) in [4.78, 5) is 26.2. The third-order valence-electron chi connectivity index (χ3n) is 6.00. The van der Waals surface area contributed by atoms with Crippen molar-refractivity contribution in [1.82, 2.24) is 36.1 Å². The van der Waals surface area contributed by atoms with Crippen LogP contribution in [0.25, 0.3) is 0 Å². The molecule has 0 radical (unpaired) electrons. The lowest BCUT2D eigenvalue weighted by Gasteiger charge is -2.38. The zero-order valence-electron chi connectivity index (χ0n) is 15.7. The Morgan fingerprint density at radius 1 is 1.26 bits per heavy atom. The molecule has 2 unspecified atom stereocenters. The number of nitrogens with one attached hydrogen (secondary N) is 3. The second-order valence-corrected chi connectivity index (χ2v) is 7.81. The number of carbonyl (C=O) groups is 2. The van der Waals surface area contributed by atoms with Crippen molar-refractivity contribution in [3.8, 4) is 0 Å². The molecule has 0 bridgehead atoms. The number of hydrogen-bond acceptors (Lipinski definition) is 7. The van der Waals surface area contributed by atoms with Gasteiger partial charge in [0, 0.05) is 25.7 Å². The Hall–Kier alpha value is -2.20. The van der Waals surface area contributed by atoms with Crippen molar-refractivity contribution in [3.63, 3.8) is 0 Å². The maximum Gasteiger partial charge on any atom is 0.410 e. The number of amides is 2. The van der Waals surface area contributed by atoms with Gasteiger partial charge in [-0.3, -0.25) is 10.2 Å². The summed E-state index contributed by atoms with van der Waals surface area (Å²) in [6.45, 7) is 2.85. The van der Waals surface area contributed by atoms with E-state index in [0.29, 0.717) is 17.7 Å². The fourth-order valence-electron chi connectivity index (χ4n) is 4.16. The van der Waals surface area contributed by atoms with E-state index in [4.69, 9.17) is 4.74 Å². The lowest BCUT2D eigenvalue weighted by atomic mass is 9.96. The topological polar surface area (TPSA) is 113 Å². The van der Waals surface area contributed by atoms with Crippen molar-refractivity contribution < 1.29 is 14.3 Å².